The minimum atomic E-state index is -0.0763. The minimum absolute atomic E-state index is 0.0763. The highest BCUT2D eigenvalue weighted by Gasteiger charge is 2.28. The molecule has 2 saturated heterocycles. The normalized spacial score (nSPS) is 23.4. The minimum Gasteiger partial charge on any atom is -0.334 e. The molecule has 2 N–H and O–H groups in total. The number of rotatable bonds is 3. The summed E-state index contributed by atoms with van der Waals surface area (Å²) in [4.78, 5) is 17.5. The fraction of sp³-hybridized carbons (Fsp3) is 0.650. The van der Waals surface area contributed by atoms with Crippen molar-refractivity contribution < 1.29 is 4.79 Å². The molecular formula is C20H32N4O. The standard InChI is InChI=1S/C20H32N4O/c1-15-6-4-7-16(2)19(15)22-20(25)21-17-8-5-11-24(14-17)18-9-12-23(3)13-10-18/h4,6-7,17-18H,5,8-14H2,1-3H3,(H2,21,22,25)/t17-/m1/s1. The zero-order chi connectivity index (χ0) is 17.8. The third kappa shape index (κ3) is 4.73. The summed E-state index contributed by atoms with van der Waals surface area (Å²) in [6.07, 6.45) is 4.74. The first kappa shape index (κ1) is 18.2. The third-order valence-corrected chi connectivity index (χ3v) is 5.71. The summed E-state index contributed by atoms with van der Waals surface area (Å²) in [7, 11) is 2.20. The zero-order valence-corrected chi connectivity index (χ0v) is 15.8. The van der Waals surface area contributed by atoms with Crippen molar-refractivity contribution in [2.45, 2.75) is 51.6 Å². The van der Waals surface area contributed by atoms with Crippen LogP contribution < -0.4 is 10.6 Å². The zero-order valence-electron chi connectivity index (χ0n) is 15.8. The molecule has 2 fully saturated rings. The molecule has 5 nitrogen and oxygen atoms in total. The molecule has 1 aromatic rings. The van der Waals surface area contributed by atoms with Crippen LogP contribution in [0.25, 0.3) is 0 Å². The van der Waals surface area contributed by atoms with Crippen molar-refractivity contribution in [3.63, 3.8) is 0 Å². The Morgan fingerprint density at radius 3 is 2.44 bits per heavy atom. The van der Waals surface area contributed by atoms with Gasteiger partial charge in [0, 0.05) is 24.3 Å². The molecule has 0 spiro atoms. The van der Waals surface area contributed by atoms with E-state index < -0.39 is 0 Å². The maximum atomic E-state index is 12.5. The van der Waals surface area contributed by atoms with Gasteiger partial charge in [0.25, 0.3) is 0 Å². The van der Waals surface area contributed by atoms with Crippen LogP contribution in [0, 0.1) is 13.8 Å². The average molecular weight is 345 g/mol. The van der Waals surface area contributed by atoms with Crippen molar-refractivity contribution in [3.05, 3.63) is 29.3 Å². The Labute approximate surface area is 151 Å². The van der Waals surface area contributed by atoms with E-state index in [0.29, 0.717) is 6.04 Å². The van der Waals surface area contributed by atoms with Gasteiger partial charge >= 0.3 is 6.03 Å². The molecule has 3 rings (SSSR count). The lowest BCUT2D eigenvalue weighted by atomic mass is 9.98. The van der Waals surface area contributed by atoms with Gasteiger partial charge in [0.15, 0.2) is 0 Å². The maximum absolute atomic E-state index is 12.5. The van der Waals surface area contributed by atoms with Crippen molar-refractivity contribution in [2.24, 2.45) is 0 Å². The Kier molecular flexibility index (Phi) is 5.97. The lowest BCUT2D eigenvalue weighted by molar-refractivity contribution is 0.0900. The number of hydrogen-bond acceptors (Lipinski definition) is 3. The molecule has 0 aliphatic carbocycles. The number of para-hydroxylation sites is 1. The van der Waals surface area contributed by atoms with Crippen LogP contribution in [0.15, 0.2) is 18.2 Å². The second-order valence-corrected chi connectivity index (χ2v) is 7.73. The Balaban J connectivity index is 1.53. The van der Waals surface area contributed by atoms with E-state index in [1.807, 2.05) is 32.0 Å². The average Bonchev–Trinajstić information content (AvgIpc) is 2.59. The van der Waals surface area contributed by atoms with E-state index in [9.17, 15) is 4.79 Å². The van der Waals surface area contributed by atoms with E-state index in [0.717, 1.165) is 29.8 Å². The van der Waals surface area contributed by atoms with Crippen LogP contribution in [-0.4, -0.2) is 61.1 Å². The number of carbonyl (C=O) groups excluding carboxylic acids is 1. The Hall–Kier alpha value is -1.59. The van der Waals surface area contributed by atoms with E-state index >= 15 is 0 Å². The smallest absolute Gasteiger partial charge is 0.319 e. The second-order valence-electron chi connectivity index (χ2n) is 7.73. The van der Waals surface area contributed by atoms with Crippen molar-refractivity contribution in [2.75, 3.05) is 38.5 Å². The Morgan fingerprint density at radius 2 is 1.76 bits per heavy atom. The number of benzene rings is 1. The quantitative estimate of drug-likeness (QED) is 0.886. The summed E-state index contributed by atoms with van der Waals surface area (Å²) in [6.45, 7) is 8.59. The molecule has 2 amide bonds. The van der Waals surface area contributed by atoms with Crippen LogP contribution >= 0.6 is 0 Å². The van der Waals surface area contributed by atoms with Gasteiger partial charge < -0.3 is 15.5 Å². The van der Waals surface area contributed by atoms with Crippen molar-refractivity contribution in [3.8, 4) is 0 Å². The largest absolute Gasteiger partial charge is 0.334 e. The lowest BCUT2D eigenvalue weighted by Gasteiger charge is -2.41. The van der Waals surface area contributed by atoms with Gasteiger partial charge in [-0.1, -0.05) is 18.2 Å². The number of urea groups is 1. The predicted octanol–water partition coefficient (Wildman–Crippen LogP) is 2.98. The van der Waals surface area contributed by atoms with Gasteiger partial charge in [-0.15, -0.1) is 0 Å². The van der Waals surface area contributed by atoms with Gasteiger partial charge in [-0.3, -0.25) is 4.90 Å². The van der Waals surface area contributed by atoms with Gasteiger partial charge in [0.2, 0.25) is 0 Å². The number of carbonyl (C=O) groups is 1. The summed E-state index contributed by atoms with van der Waals surface area (Å²) >= 11 is 0. The Morgan fingerprint density at radius 1 is 1.08 bits per heavy atom. The van der Waals surface area contributed by atoms with Gasteiger partial charge in [-0.05, 0) is 77.3 Å². The predicted molar refractivity (Wildman–Crippen MR) is 103 cm³/mol. The molecule has 0 radical (unpaired) electrons. The van der Waals surface area contributed by atoms with Crippen LogP contribution in [0.5, 0.6) is 0 Å². The molecule has 138 valence electrons. The number of anilines is 1. The van der Waals surface area contributed by atoms with Crippen LogP contribution in [0.4, 0.5) is 10.5 Å². The molecule has 1 atom stereocenters. The number of nitrogens with zero attached hydrogens (tertiary/aromatic N) is 2. The first-order chi connectivity index (χ1) is 12.0. The van der Waals surface area contributed by atoms with E-state index in [-0.39, 0.29) is 12.1 Å². The van der Waals surface area contributed by atoms with E-state index in [2.05, 4.69) is 27.5 Å². The fourth-order valence-corrected chi connectivity index (χ4v) is 4.16. The molecule has 1 aromatic carbocycles. The topological polar surface area (TPSA) is 47.6 Å². The van der Waals surface area contributed by atoms with E-state index in [1.165, 1.54) is 38.9 Å². The van der Waals surface area contributed by atoms with Crippen LogP contribution in [-0.2, 0) is 0 Å². The molecular weight excluding hydrogens is 312 g/mol. The molecule has 0 aromatic heterocycles. The molecule has 0 bridgehead atoms. The monoisotopic (exact) mass is 344 g/mol. The summed E-state index contributed by atoms with van der Waals surface area (Å²) in [5, 5.41) is 6.25. The van der Waals surface area contributed by atoms with E-state index in [1.54, 1.807) is 0 Å². The summed E-state index contributed by atoms with van der Waals surface area (Å²) < 4.78 is 0. The van der Waals surface area contributed by atoms with Crippen molar-refractivity contribution in [1.82, 2.24) is 15.1 Å². The van der Waals surface area contributed by atoms with Crippen LogP contribution in [0.3, 0.4) is 0 Å². The first-order valence-electron chi connectivity index (χ1n) is 9.59. The SMILES string of the molecule is Cc1cccc(C)c1NC(=O)N[C@@H]1CCCN(C2CCN(C)CC2)C1. The highest BCUT2D eigenvalue weighted by Crippen LogP contribution is 2.22. The molecule has 2 heterocycles. The number of aryl methyl sites for hydroxylation is 2. The summed E-state index contributed by atoms with van der Waals surface area (Å²) in [5.41, 5.74) is 3.14. The number of nitrogens with one attached hydrogen (secondary N) is 2. The molecule has 2 aliphatic heterocycles. The van der Waals surface area contributed by atoms with Gasteiger partial charge in [-0.2, -0.15) is 0 Å². The number of likely N-dealkylation sites (tertiary alicyclic amines) is 2. The third-order valence-electron chi connectivity index (χ3n) is 5.71. The van der Waals surface area contributed by atoms with Crippen molar-refractivity contribution in [1.29, 1.82) is 0 Å². The fourth-order valence-electron chi connectivity index (χ4n) is 4.16. The maximum Gasteiger partial charge on any atom is 0.319 e. The van der Waals surface area contributed by atoms with Gasteiger partial charge in [0.05, 0.1) is 0 Å². The number of piperidine rings is 2. The summed E-state index contributed by atoms with van der Waals surface area (Å²) in [6, 6.07) is 6.94. The molecule has 2 aliphatic rings. The number of amides is 2. The van der Waals surface area contributed by atoms with Crippen LogP contribution in [0.1, 0.15) is 36.8 Å². The molecule has 25 heavy (non-hydrogen) atoms. The molecule has 0 unspecified atom stereocenters. The first-order valence-corrected chi connectivity index (χ1v) is 9.59. The van der Waals surface area contributed by atoms with Gasteiger partial charge in [-0.25, -0.2) is 4.79 Å². The van der Waals surface area contributed by atoms with Crippen LogP contribution in [0.2, 0.25) is 0 Å². The highest BCUT2D eigenvalue weighted by molar-refractivity contribution is 5.91. The lowest BCUT2D eigenvalue weighted by Crippen LogP contribution is -2.53. The van der Waals surface area contributed by atoms with Crippen molar-refractivity contribution >= 4 is 11.7 Å². The number of hydrogen-bond donors (Lipinski definition) is 2. The molecule has 0 saturated carbocycles. The van der Waals surface area contributed by atoms with Gasteiger partial charge in [0.1, 0.15) is 0 Å². The summed E-state index contributed by atoms with van der Waals surface area (Å²) in [5.74, 6) is 0. The Bertz CT molecular complexity index is 575. The van der Waals surface area contributed by atoms with E-state index in [4.69, 9.17) is 0 Å². The second kappa shape index (κ2) is 8.19. The molecule has 5 heteroatoms. The highest BCUT2D eigenvalue weighted by atomic mass is 16.2.